The SMILES string of the molecule is [CH2]CCCCCCCCCCCCCCC(=O)OC1CCCCCC[CH]COCCCC1. The van der Waals surface area contributed by atoms with Crippen LogP contribution in [0.1, 0.15) is 148 Å². The van der Waals surface area contributed by atoms with E-state index < -0.39 is 0 Å². The summed E-state index contributed by atoms with van der Waals surface area (Å²) in [6.07, 6.45) is 30.1. The second-order valence-electron chi connectivity index (χ2n) is 9.81. The summed E-state index contributed by atoms with van der Waals surface area (Å²) in [7, 11) is 0. The van der Waals surface area contributed by atoms with Crippen molar-refractivity contribution in [2.75, 3.05) is 13.2 Å². The highest BCUT2D eigenvalue weighted by Gasteiger charge is 2.14. The number of unbranched alkanes of at least 4 members (excludes halogenated alkanes) is 12. The summed E-state index contributed by atoms with van der Waals surface area (Å²) in [6, 6.07) is 0. The number of rotatable bonds is 15. The molecule has 0 aromatic rings. The first-order valence-corrected chi connectivity index (χ1v) is 14.2. The average molecular weight is 451 g/mol. The Morgan fingerprint density at radius 1 is 0.750 bits per heavy atom. The first kappa shape index (κ1) is 29.5. The van der Waals surface area contributed by atoms with Gasteiger partial charge in [-0.2, -0.15) is 0 Å². The summed E-state index contributed by atoms with van der Waals surface area (Å²) < 4.78 is 11.5. The van der Waals surface area contributed by atoms with E-state index in [1.165, 1.54) is 96.3 Å². The van der Waals surface area contributed by atoms with Crippen molar-refractivity contribution >= 4 is 5.97 Å². The minimum absolute atomic E-state index is 0.0285. The molecule has 1 fully saturated rings. The summed E-state index contributed by atoms with van der Waals surface area (Å²) in [6.45, 7) is 5.52. The Hall–Kier alpha value is -0.570. The summed E-state index contributed by atoms with van der Waals surface area (Å²) in [4.78, 5) is 12.3. The second kappa shape index (κ2) is 23.6. The molecule has 0 bridgehead atoms. The number of carbonyl (C=O) groups excluding carboxylic acids is 1. The minimum atomic E-state index is 0.0285. The van der Waals surface area contributed by atoms with Crippen LogP contribution in [0, 0.1) is 13.3 Å². The van der Waals surface area contributed by atoms with Crippen LogP contribution in [0.3, 0.4) is 0 Å². The van der Waals surface area contributed by atoms with Crippen molar-refractivity contribution < 1.29 is 14.3 Å². The maximum atomic E-state index is 12.3. The normalized spacial score (nSPS) is 19.3. The zero-order chi connectivity index (χ0) is 23.0. The number of esters is 1. The van der Waals surface area contributed by atoms with E-state index in [0.29, 0.717) is 6.42 Å². The maximum absolute atomic E-state index is 12.3. The first-order chi connectivity index (χ1) is 15.8. The van der Waals surface area contributed by atoms with Crippen molar-refractivity contribution in [2.45, 2.75) is 154 Å². The molecule has 1 unspecified atom stereocenters. The summed E-state index contributed by atoms with van der Waals surface area (Å²) in [5.41, 5.74) is 0. The molecule has 1 atom stereocenters. The van der Waals surface area contributed by atoms with Crippen LogP contribution in [0.4, 0.5) is 0 Å². The molecule has 1 aliphatic rings. The van der Waals surface area contributed by atoms with Gasteiger partial charge in [-0.1, -0.05) is 103 Å². The Kier molecular flexibility index (Phi) is 21.7. The molecule has 0 aliphatic carbocycles. The molecule has 1 aliphatic heterocycles. The van der Waals surface area contributed by atoms with Gasteiger partial charge < -0.3 is 9.47 Å². The topological polar surface area (TPSA) is 35.5 Å². The molecule has 0 spiro atoms. The first-order valence-electron chi connectivity index (χ1n) is 14.2. The van der Waals surface area contributed by atoms with Crippen LogP contribution in [0.15, 0.2) is 0 Å². The standard InChI is InChI=1S/C29H54O3/c1-2-3-4-5-6-7-8-9-10-11-12-16-19-25-29(30)32-28-23-18-15-13-14-17-21-26-31-27-22-20-24-28/h21,28H,1-20,22-27H2. The van der Waals surface area contributed by atoms with Crippen LogP contribution >= 0.6 is 0 Å². The largest absolute Gasteiger partial charge is 0.462 e. The van der Waals surface area contributed by atoms with Crippen molar-refractivity contribution in [1.82, 2.24) is 0 Å². The lowest BCUT2D eigenvalue weighted by molar-refractivity contribution is -0.150. The number of hydrogen-bond donors (Lipinski definition) is 0. The van der Waals surface area contributed by atoms with Gasteiger partial charge in [-0.15, -0.1) is 0 Å². The Bertz CT molecular complexity index is 382. The zero-order valence-electron chi connectivity index (χ0n) is 21.3. The second-order valence-corrected chi connectivity index (χ2v) is 9.81. The quantitative estimate of drug-likeness (QED) is 0.184. The van der Waals surface area contributed by atoms with E-state index in [2.05, 4.69) is 13.3 Å². The predicted molar refractivity (Wildman–Crippen MR) is 137 cm³/mol. The number of ether oxygens (including phenoxy) is 2. The summed E-state index contributed by atoms with van der Waals surface area (Å²) in [5, 5.41) is 0. The fourth-order valence-corrected chi connectivity index (χ4v) is 4.56. The smallest absolute Gasteiger partial charge is 0.306 e. The highest BCUT2D eigenvalue weighted by Crippen LogP contribution is 2.18. The van der Waals surface area contributed by atoms with Gasteiger partial charge in [0, 0.05) is 19.6 Å². The molecule has 1 rings (SSSR count). The van der Waals surface area contributed by atoms with Crippen LogP contribution in [-0.4, -0.2) is 25.3 Å². The molecule has 0 N–H and O–H groups in total. The van der Waals surface area contributed by atoms with Crippen molar-refractivity contribution in [2.24, 2.45) is 0 Å². The van der Waals surface area contributed by atoms with Gasteiger partial charge in [0.25, 0.3) is 0 Å². The van der Waals surface area contributed by atoms with Gasteiger partial charge in [-0.05, 0) is 51.4 Å². The molecule has 0 aromatic heterocycles. The molecular weight excluding hydrogens is 396 g/mol. The third kappa shape index (κ3) is 20.1. The van der Waals surface area contributed by atoms with Crippen molar-refractivity contribution in [3.8, 4) is 0 Å². The van der Waals surface area contributed by atoms with Gasteiger partial charge in [0.2, 0.25) is 0 Å². The average Bonchev–Trinajstić information content (AvgIpc) is 2.79. The summed E-state index contributed by atoms with van der Waals surface area (Å²) >= 11 is 0. The van der Waals surface area contributed by atoms with Crippen LogP contribution in [-0.2, 0) is 14.3 Å². The molecule has 188 valence electrons. The zero-order valence-corrected chi connectivity index (χ0v) is 21.3. The van der Waals surface area contributed by atoms with Gasteiger partial charge in [0.1, 0.15) is 6.10 Å². The molecule has 0 saturated carbocycles. The van der Waals surface area contributed by atoms with E-state index in [9.17, 15) is 4.79 Å². The molecule has 1 saturated heterocycles. The van der Waals surface area contributed by atoms with E-state index in [1.807, 2.05) is 0 Å². The number of carbonyl (C=O) groups is 1. The molecule has 2 radical (unpaired) electrons. The molecular formula is C29H54O3. The Labute approximate surface area is 200 Å². The maximum Gasteiger partial charge on any atom is 0.306 e. The van der Waals surface area contributed by atoms with Crippen molar-refractivity contribution in [3.05, 3.63) is 13.3 Å². The Morgan fingerprint density at radius 3 is 1.97 bits per heavy atom. The van der Waals surface area contributed by atoms with E-state index >= 15 is 0 Å². The van der Waals surface area contributed by atoms with E-state index in [-0.39, 0.29) is 12.1 Å². The molecule has 3 heteroatoms. The third-order valence-corrected chi connectivity index (χ3v) is 6.66. The Balaban J connectivity index is 2.00. The minimum Gasteiger partial charge on any atom is -0.462 e. The van der Waals surface area contributed by atoms with E-state index in [4.69, 9.17) is 9.47 Å². The molecule has 32 heavy (non-hydrogen) atoms. The molecule has 3 nitrogen and oxygen atoms in total. The van der Waals surface area contributed by atoms with Crippen LogP contribution in [0.25, 0.3) is 0 Å². The fourth-order valence-electron chi connectivity index (χ4n) is 4.56. The monoisotopic (exact) mass is 450 g/mol. The van der Waals surface area contributed by atoms with Gasteiger partial charge in [0.15, 0.2) is 0 Å². The van der Waals surface area contributed by atoms with Crippen LogP contribution in [0.5, 0.6) is 0 Å². The predicted octanol–water partition coefficient (Wildman–Crippen LogP) is 8.94. The highest BCUT2D eigenvalue weighted by atomic mass is 16.5. The lowest BCUT2D eigenvalue weighted by Gasteiger charge is -2.18. The molecule has 0 aromatic carbocycles. The van der Waals surface area contributed by atoms with Gasteiger partial charge in [-0.3, -0.25) is 4.79 Å². The van der Waals surface area contributed by atoms with Gasteiger partial charge in [0.05, 0.1) is 0 Å². The summed E-state index contributed by atoms with van der Waals surface area (Å²) in [5.74, 6) is 0.0285. The van der Waals surface area contributed by atoms with Crippen LogP contribution in [0.2, 0.25) is 0 Å². The van der Waals surface area contributed by atoms with Crippen LogP contribution < -0.4 is 0 Å². The lowest BCUT2D eigenvalue weighted by atomic mass is 10.0. The van der Waals surface area contributed by atoms with E-state index in [1.54, 1.807) is 0 Å². The molecule has 1 heterocycles. The lowest BCUT2D eigenvalue weighted by Crippen LogP contribution is -2.18. The fraction of sp³-hybridized carbons (Fsp3) is 0.897. The van der Waals surface area contributed by atoms with Crippen molar-refractivity contribution in [1.29, 1.82) is 0 Å². The highest BCUT2D eigenvalue weighted by molar-refractivity contribution is 5.69. The third-order valence-electron chi connectivity index (χ3n) is 6.66. The van der Waals surface area contributed by atoms with E-state index in [0.717, 1.165) is 58.2 Å². The molecule has 0 amide bonds. The Morgan fingerprint density at radius 2 is 1.31 bits per heavy atom. The van der Waals surface area contributed by atoms with Gasteiger partial charge in [-0.25, -0.2) is 0 Å². The van der Waals surface area contributed by atoms with Gasteiger partial charge >= 0.3 is 5.97 Å². The van der Waals surface area contributed by atoms with Crippen molar-refractivity contribution in [3.63, 3.8) is 0 Å². The number of hydrogen-bond acceptors (Lipinski definition) is 3.